The van der Waals surface area contributed by atoms with Crippen LogP contribution in [-0.4, -0.2) is 33.4 Å². The second-order valence-electron chi connectivity index (χ2n) is 4.10. The van der Waals surface area contributed by atoms with Crippen molar-refractivity contribution >= 4 is 5.91 Å². The van der Waals surface area contributed by atoms with E-state index in [2.05, 4.69) is 10.4 Å². The average molecular weight is 239 g/mol. The summed E-state index contributed by atoms with van der Waals surface area (Å²) in [5.41, 5.74) is 1.47. The maximum Gasteiger partial charge on any atom is 0.269 e. The highest BCUT2D eigenvalue weighted by Crippen LogP contribution is 2.04. The Balaban J connectivity index is 2.49. The first-order valence-electron chi connectivity index (χ1n) is 6.07. The lowest BCUT2D eigenvalue weighted by Gasteiger charge is -2.08. The molecule has 1 atom stereocenters. The summed E-state index contributed by atoms with van der Waals surface area (Å²) < 4.78 is 1.59. The molecule has 1 heterocycles. The van der Waals surface area contributed by atoms with Crippen LogP contribution in [0, 0.1) is 0 Å². The van der Waals surface area contributed by atoms with Crippen molar-refractivity contribution in [3.63, 3.8) is 0 Å². The molecule has 0 fully saturated rings. The van der Waals surface area contributed by atoms with E-state index in [1.54, 1.807) is 17.8 Å². The van der Waals surface area contributed by atoms with Gasteiger partial charge in [-0.1, -0.05) is 13.8 Å². The van der Waals surface area contributed by atoms with Crippen LogP contribution in [0.2, 0.25) is 0 Å². The first-order chi connectivity index (χ1) is 8.08. The van der Waals surface area contributed by atoms with Crippen LogP contribution in [0.5, 0.6) is 0 Å². The van der Waals surface area contributed by atoms with Gasteiger partial charge in [-0.3, -0.25) is 9.48 Å². The zero-order valence-corrected chi connectivity index (χ0v) is 10.7. The Hall–Kier alpha value is -1.36. The minimum atomic E-state index is -0.340. The maximum absolute atomic E-state index is 11.8. The Morgan fingerprint density at radius 3 is 2.82 bits per heavy atom. The van der Waals surface area contributed by atoms with Crippen LogP contribution < -0.4 is 5.32 Å². The summed E-state index contributed by atoms with van der Waals surface area (Å²) in [7, 11) is 1.76. The van der Waals surface area contributed by atoms with Crippen LogP contribution in [0.3, 0.4) is 0 Å². The van der Waals surface area contributed by atoms with Crippen LogP contribution in [0.15, 0.2) is 6.07 Å². The van der Waals surface area contributed by atoms with Crippen molar-refractivity contribution in [1.29, 1.82) is 0 Å². The molecule has 1 rings (SSSR count). The summed E-state index contributed by atoms with van der Waals surface area (Å²) in [5.74, 6) is -0.136. The Morgan fingerprint density at radius 1 is 1.59 bits per heavy atom. The summed E-state index contributed by atoms with van der Waals surface area (Å²) in [5, 5.41) is 16.4. The van der Waals surface area contributed by atoms with Crippen molar-refractivity contribution in [1.82, 2.24) is 15.1 Å². The van der Waals surface area contributed by atoms with E-state index in [1.807, 2.05) is 13.8 Å². The van der Waals surface area contributed by atoms with Crippen LogP contribution in [0.25, 0.3) is 0 Å². The first kappa shape index (κ1) is 13.7. The number of aryl methyl sites for hydroxylation is 2. The van der Waals surface area contributed by atoms with Gasteiger partial charge in [0.25, 0.3) is 5.91 Å². The predicted molar refractivity (Wildman–Crippen MR) is 65.8 cm³/mol. The van der Waals surface area contributed by atoms with Gasteiger partial charge in [0.1, 0.15) is 5.69 Å². The van der Waals surface area contributed by atoms with Gasteiger partial charge >= 0.3 is 0 Å². The lowest BCUT2D eigenvalue weighted by molar-refractivity contribution is 0.0932. The van der Waals surface area contributed by atoms with Gasteiger partial charge in [-0.25, -0.2) is 0 Å². The number of hydrogen-bond acceptors (Lipinski definition) is 3. The number of nitrogens with zero attached hydrogens (tertiary/aromatic N) is 2. The Kier molecular flexibility index (Phi) is 5.15. The summed E-state index contributed by atoms with van der Waals surface area (Å²) in [6.45, 7) is 4.41. The number of amides is 1. The lowest BCUT2D eigenvalue weighted by Crippen LogP contribution is -2.28. The molecule has 0 aliphatic heterocycles. The van der Waals surface area contributed by atoms with Gasteiger partial charge in [0.05, 0.1) is 11.8 Å². The molecule has 0 aromatic carbocycles. The van der Waals surface area contributed by atoms with E-state index in [4.69, 9.17) is 0 Å². The minimum absolute atomic E-state index is 0.136. The van der Waals surface area contributed by atoms with E-state index in [9.17, 15) is 9.90 Å². The molecule has 17 heavy (non-hydrogen) atoms. The van der Waals surface area contributed by atoms with Gasteiger partial charge in [0.15, 0.2) is 0 Å². The zero-order chi connectivity index (χ0) is 12.8. The predicted octanol–water partition coefficient (Wildman–Crippen LogP) is 0.873. The van der Waals surface area contributed by atoms with E-state index in [0.717, 1.165) is 12.1 Å². The molecule has 2 N–H and O–H groups in total. The molecule has 0 saturated carbocycles. The van der Waals surface area contributed by atoms with E-state index < -0.39 is 0 Å². The number of nitrogens with one attached hydrogen (secondary N) is 1. The second kappa shape index (κ2) is 6.39. The summed E-state index contributed by atoms with van der Waals surface area (Å²) in [4.78, 5) is 11.8. The normalized spacial score (nSPS) is 12.5. The van der Waals surface area contributed by atoms with Crippen molar-refractivity contribution in [3.05, 3.63) is 17.5 Å². The fourth-order valence-corrected chi connectivity index (χ4v) is 1.56. The molecule has 0 aliphatic rings. The smallest absolute Gasteiger partial charge is 0.269 e. The Labute approximate surface area is 102 Å². The molecule has 1 amide bonds. The topological polar surface area (TPSA) is 67.2 Å². The second-order valence-corrected chi connectivity index (χ2v) is 4.10. The number of carbonyl (C=O) groups is 1. The zero-order valence-electron chi connectivity index (χ0n) is 10.7. The van der Waals surface area contributed by atoms with Gasteiger partial charge in [-0.15, -0.1) is 0 Å². The molecule has 0 aliphatic carbocycles. The molecule has 0 bridgehead atoms. The summed E-state index contributed by atoms with van der Waals surface area (Å²) in [6, 6.07) is 1.80. The monoisotopic (exact) mass is 239 g/mol. The molecule has 1 aromatic rings. The van der Waals surface area contributed by atoms with Crippen molar-refractivity contribution < 1.29 is 9.90 Å². The minimum Gasteiger partial charge on any atom is -0.393 e. The number of aliphatic hydroxyl groups is 1. The molecular formula is C12H21N3O2. The highest BCUT2D eigenvalue weighted by molar-refractivity contribution is 5.92. The van der Waals surface area contributed by atoms with Gasteiger partial charge in [0.2, 0.25) is 0 Å². The SMILES string of the molecule is CCc1cc(C(=O)NCCC(O)CC)n(C)n1. The molecule has 5 heteroatoms. The molecule has 0 radical (unpaired) electrons. The Morgan fingerprint density at radius 2 is 2.29 bits per heavy atom. The summed E-state index contributed by atoms with van der Waals surface area (Å²) >= 11 is 0. The quantitative estimate of drug-likeness (QED) is 0.774. The van der Waals surface area contributed by atoms with Crippen LogP contribution in [0.1, 0.15) is 42.9 Å². The molecule has 1 unspecified atom stereocenters. The maximum atomic E-state index is 11.8. The highest BCUT2D eigenvalue weighted by Gasteiger charge is 2.12. The van der Waals surface area contributed by atoms with Gasteiger partial charge in [-0.2, -0.15) is 5.10 Å². The van der Waals surface area contributed by atoms with Crippen LogP contribution in [0.4, 0.5) is 0 Å². The number of hydrogen-bond donors (Lipinski definition) is 2. The number of aliphatic hydroxyl groups excluding tert-OH is 1. The Bertz CT molecular complexity index is 374. The number of aromatic nitrogens is 2. The van der Waals surface area contributed by atoms with Crippen molar-refractivity contribution in [2.45, 2.75) is 39.2 Å². The third-order valence-corrected chi connectivity index (χ3v) is 2.76. The third-order valence-electron chi connectivity index (χ3n) is 2.76. The number of rotatable bonds is 6. The summed E-state index contributed by atoms with van der Waals surface area (Å²) in [6.07, 6.45) is 1.77. The molecule has 96 valence electrons. The van der Waals surface area contributed by atoms with Gasteiger partial charge in [-0.05, 0) is 25.3 Å². The fourth-order valence-electron chi connectivity index (χ4n) is 1.56. The first-order valence-corrected chi connectivity index (χ1v) is 6.07. The van der Waals surface area contributed by atoms with Gasteiger partial charge < -0.3 is 10.4 Å². The third kappa shape index (κ3) is 3.85. The average Bonchev–Trinajstić information content (AvgIpc) is 2.70. The van der Waals surface area contributed by atoms with Crippen LogP contribution in [-0.2, 0) is 13.5 Å². The van der Waals surface area contributed by atoms with Crippen molar-refractivity contribution in [3.8, 4) is 0 Å². The lowest BCUT2D eigenvalue weighted by atomic mass is 10.2. The van der Waals surface area contributed by atoms with Crippen molar-refractivity contribution in [2.24, 2.45) is 7.05 Å². The molecule has 1 aromatic heterocycles. The van der Waals surface area contributed by atoms with E-state index >= 15 is 0 Å². The van der Waals surface area contributed by atoms with Crippen LogP contribution >= 0.6 is 0 Å². The largest absolute Gasteiger partial charge is 0.393 e. The molecular weight excluding hydrogens is 218 g/mol. The van der Waals surface area contributed by atoms with E-state index in [0.29, 0.717) is 25.1 Å². The molecule has 0 spiro atoms. The van der Waals surface area contributed by atoms with Gasteiger partial charge in [0, 0.05) is 13.6 Å². The number of carbonyl (C=O) groups excluding carboxylic acids is 1. The van der Waals surface area contributed by atoms with Crippen molar-refractivity contribution in [2.75, 3.05) is 6.54 Å². The van der Waals surface area contributed by atoms with E-state index in [-0.39, 0.29) is 12.0 Å². The standard InChI is InChI=1S/C12H21N3O2/c1-4-9-8-11(15(3)14-9)12(17)13-7-6-10(16)5-2/h8,10,16H,4-7H2,1-3H3,(H,13,17). The highest BCUT2D eigenvalue weighted by atomic mass is 16.3. The molecule has 5 nitrogen and oxygen atoms in total. The molecule has 0 saturated heterocycles. The van der Waals surface area contributed by atoms with E-state index in [1.165, 1.54) is 0 Å². The fraction of sp³-hybridized carbons (Fsp3) is 0.667.